The van der Waals surface area contributed by atoms with Crippen molar-refractivity contribution < 1.29 is 19.4 Å². The molecule has 0 saturated carbocycles. The summed E-state index contributed by atoms with van der Waals surface area (Å²) >= 11 is 0. The van der Waals surface area contributed by atoms with Gasteiger partial charge in [-0.25, -0.2) is 9.59 Å². The van der Waals surface area contributed by atoms with Crippen LogP contribution >= 0.6 is 0 Å². The molecule has 0 heterocycles. The second kappa shape index (κ2) is 11.0. The second-order valence-corrected chi connectivity index (χ2v) is 8.58. The zero-order valence-corrected chi connectivity index (χ0v) is 19.9. The number of aromatic carboxylic acids is 1. The maximum atomic E-state index is 12.6. The monoisotopic (exact) mass is 444 g/mol. The van der Waals surface area contributed by atoms with Gasteiger partial charge in [0.15, 0.2) is 0 Å². The smallest absolute Gasteiger partial charge is 0.343 e. The van der Waals surface area contributed by atoms with Crippen LogP contribution in [0, 0.1) is 6.92 Å². The zero-order valence-electron chi connectivity index (χ0n) is 19.9. The van der Waals surface area contributed by atoms with Gasteiger partial charge in [-0.1, -0.05) is 69.5 Å². The summed E-state index contributed by atoms with van der Waals surface area (Å²) in [5, 5.41) is 9.48. The van der Waals surface area contributed by atoms with Crippen LogP contribution in [0.2, 0.25) is 0 Å². The van der Waals surface area contributed by atoms with Gasteiger partial charge in [0.25, 0.3) is 0 Å². The van der Waals surface area contributed by atoms with Crippen LogP contribution in [0.15, 0.2) is 60.7 Å². The molecule has 4 nitrogen and oxygen atoms in total. The van der Waals surface area contributed by atoms with Gasteiger partial charge in [-0.2, -0.15) is 0 Å². The van der Waals surface area contributed by atoms with Crippen molar-refractivity contribution >= 4 is 11.9 Å². The Morgan fingerprint density at radius 3 is 2.33 bits per heavy atom. The molecule has 0 spiro atoms. The van der Waals surface area contributed by atoms with E-state index in [1.54, 1.807) is 18.2 Å². The highest BCUT2D eigenvalue weighted by Gasteiger charge is 2.17. The van der Waals surface area contributed by atoms with E-state index < -0.39 is 5.97 Å². The molecule has 33 heavy (non-hydrogen) atoms. The Morgan fingerprint density at radius 1 is 0.970 bits per heavy atom. The van der Waals surface area contributed by atoms with E-state index in [1.165, 1.54) is 0 Å². The lowest BCUT2D eigenvalue weighted by Gasteiger charge is -2.19. The Bertz CT molecular complexity index is 1130. The molecule has 4 heteroatoms. The predicted octanol–water partition coefficient (Wildman–Crippen LogP) is 7.44. The molecule has 0 radical (unpaired) electrons. The number of carbonyl (C=O) groups is 2. The third-order valence-corrected chi connectivity index (χ3v) is 6.07. The summed E-state index contributed by atoms with van der Waals surface area (Å²) in [6.45, 7) is 8.30. The Kier molecular flexibility index (Phi) is 8.05. The number of hydrogen-bond donors (Lipinski definition) is 1. The molecule has 0 unspecified atom stereocenters. The van der Waals surface area contributed by atoms with Gasteiger partial charge in [-0.3, -0.25) is 0 Å². The van der Waals surface area contributed by atoms with E-state index in [0.717, 1.165) is 47.1 Å². The normalized spacial score (nSPS) is 11.8. The second-order valence-electron chi connectivity index (χ2n) is 8.58. The maximum Gasteiger partial charge on any atom is 0.343 e. The van der Waals surface area contributed by atoms with E-state index in [2.05, 4.69) is 13.8 Å². The fourth-order valence-electron chi connectivity index (χ4n) is 4.06. The van der Waals surface area contributed by atoms with Crippen molar-refractivity contribution in [3.8, 4) is 16.9 Å². The molecule has 0 aliphatic rings. The summed E-state index contributed by atoms with van der Waals surface area (Å²) in [4.78, 5) is 24.2. The summed E-state index contributed by atoms with van der Waals surface area (Å²) in [6, 6.07) is 18.6. The SMILES string of the molecule is CCCC[C@@H](C)c1cc(OC(=O)c2ccc(C)cc2)ccc1-c1ccc(C(=O)O)c(CC)c1. The lowest BCUT2D eigenvalue weighted by atomic mass is 9.87. The van der Waals surface area contributed by atoms with Gasteiger partial charge in [-0.15, -0.1) is 0 Å². The molecule has 3 aromatic rings. The largest absolute Gasteiger partial charge is 0.478 e. The highest BCUT2D eigenvalue weighted by atomic mass is 16.5. The number of esters is 1. The molecule has 0 saturated heterocycles. The zero-order chi connectivity index (χ0) is 24.0. The molecule has 3 rings (SSSR count). The van der Waals surface area contributed by atoms with Crippen molar-refractivity contribution in [1.82, 2.24) is 0 Å². The van der Waals surface area contributed by atoms with E-state index in [-0.39, 0.29) is 11.9 Å². The van der Waals surface area contributed by atoms with Crippen LogP contribution in [0.25, 0.3) is 11.1 Å². The van der Waals surface area contributed by atoms with Gasteiger partial charge < -0.3 is 9.84 Å². The number of rotatable bonds is 9. The summed E-state index contributed by atoms with van der Waals surface area (Å²) in [6.07, 6.45) is 3.87. The van der Waals surface area contributed by atoms with Gasteiger partial charge in [-0.05, 0) is 78.3 Å². The van der Waals surface area contributed by atoms with Crippen LogP contribution in [0.4, 0.5) is 0 Å². The van der Waals surface area contributed by atoms with Crippen molar-refractivity contribution in [2.24, 2.45) is 0 Å². The Hall–Kier alpha value is -3.40. The number of aryl methyl sites for hydroxylation is 2. The highest BCUT2D eigenvalue weighted by molar-refractivity contribution is 5.92. The first-order chi connectivity index (χ1) is 15.8. The molecule has 0 aliphatic heterocycles. The molecule has 0 bridgehead atoms. The number of carbonyl (C=O) groups excluding carboxylic acids is 1. The molecule has 172 valence electrons. The van der Waals surface area contributed by atoms with Crippen molar-refractivity contribution in [3.63, 3.8) is 0 Å². The Labute approximate surface area is 196 Å². The van der Waals surface area contributed by atoms with Gasteiger partial charge in [0.2, 0.25) is 0 Å². The topological polar surface area (TPSA) is 63.6 Å². The quantitative estimate of drug-likeness (QED) is 0.275. The predicted molar refractivity (Wildman–Crippen MR) is 132 cm³/mol. The van der Waals surface area contributed by atoms with Gasteiger partial charge >= 0.3 is 11.9 Å². The van der Waals surface area contributed by atoms with Crippen molar-refractivity contribution in [1.29, 1.82) is 0 Å². The molecule has 3 aromatic carbocycles. The fourth-order valence-corrected chi connectivity index (χ4v) is 4.06. The van der Waals surface area contributed by atoms with E-state index in [0.29, 0.717) is 23.3 Å². The van der Waals surface area contributed by atoms with Gasteiger partial charge in [0, 0.05) is 0 Å². The highest BCUT2D eigenvalue weighted by Crippen LogP contribution is 2.36. The fraction of sp³-hybridized carbons (Fsp3) is 0.310. The average molecular weight is 445 g/mol. The van der Waals surface area contributed by atoms with E-state index in [1.807, 2.05) is 56.3 Å². The summed E-state index contributed by atoms with van der Waals surface area (Å²) in [5.74, 6) is -0.509. The van der Waals surface area contributed by atoms with Crippen molar-refractivity contribution in [2.75, 3.05) is 0 Å². The lowest BCUT2D eigenvalue weighted by molar-refractivity contribution is 0.0693. The summed E-state index contributed by atoms with van der Waals surface area (Å²) < 4.78 is 5.71. The van der Waals surface area contributed by atoms with Crippen LogP contribution in [0.1, 0.15) is 83.4 Å². The number of carboxylic acids is 1. The molecule has 1 atom stereocenters. The third kappa shape index (κ3) is 5.89. The standard InChI is InChI=1S/C29H32O4/c1-5-7-8-20(4)27-18-24(33-29(32)22-11-9-19(3)10-12-22)14-16-25(27)23-13-15-26(28(30)31)21(6-2)17-23/h9-18,20H,5-8H2,1-4H3,(H,30,31)/t20-/m1/s1. The van der Waals surface area contributed by atoms with Crippen molar-refractivity contribution in [2.45, 2.75) is 59.3 Å². The maximum absolute atomic E-state index is 12.6. The van der Waals surface area contributed by atoms with Crippen LogP contribution in [0.5, 0.6) is 5.75 Å². The van der Waals surface area contributed by atoms with Crippen LogP contribution in [-0.2, 0) is 6.42 Å². The van der Waals surface area contributed by atoms with Gasteiger partial charge in [0.05, 0.1) is 11.1 Å². The van der Waals surface area contributed by atoms with Crippen molar-refractivity contribution in [3.05, 3.63) is 88.5 Å². The first-order valence-electron chi connectivity index (χ1n) is 11.6. The Balaban J connectivity index is 1.99. The molecule has 0 amide bonds. The van der Waals surface area contributed by atoms with E-state index in [4.69, 9.17) is 4.74 Å². The minimum absolute atomic E-state index is 0.266. The number of ether oxygens (including phenoxy) is 1. The minimum Gasteiger partial charge on any atom is -0.478 e. The molecule has 0 aromatic heterocycles. The van der Waals surface area contributed by atoms with E-state index in [9.17, 15) is 14.7 Å². The lowest BCUT2D eigenvalue weighted by Crippen LogP contribution is -2.09. The van der Waals surface area contributed by atoms with E-state index >= 15 is 0 Å². The number of unbranched alkanes of at least 4 members (excludes halogenated alkanes) is 1. The molecular weight excluding hydrogens is 412 g/mol. The number of hydrogen-bond acceptors (Lipinski definition) is 3. The van der Waals surface area contributed by atoms with Crippen LogP contribution < -0.4 is 4.74 Å². The first kappa shape index (κ1) is 24.2. The molecule has 1 N–H and O–H groups in total. The summed E-state index contributed by atoms with van der Waals surface area (Å²) in [7, 11) is 0. The molecular formula is C29H32O4. The number of carboxylic acid groups (broad SMARTS) is 1. The molecule has 0 aliphatic carbocycles. The summed E-state index contributed by atoms with van der Waals surface area (Å²) in [5.41, 5.74) is 5.87. The molecule has 0 fully saturated rings. The first-order valence-corrected chi connectivity index (χ1v) is 11.6. The van der Waals surface area contributed by atoms with Crippen LogP contribution in [-0.4, -0.2) is 17.0 Å². The van der Waals surface area contributed by atoms with Gasteiger partial charge in [0.1, 0.15) is 5.75 Å². The van der Waals surface area contributed by atoms with Crippen LogP contribution in [0.3, 0.4) is 0 Å². The third-order valence-electron chi connectivity index (χ3n) is 6.07. The Morgan fingerprint density at radius 2 is 1.70 bits per heavy atom. The minimum atomic E-state index is -0.909. The number of benzene rings is 3. The average Bonchev–Trinajstić information content (AvgIpc) is 2.82.